The summed E-state index contributed by atoms with van der Waals surface area (Å²) in [4.78, 5) is 4.29. The summed E-state index contributed by atoms with van der Waals surface area (Å²) in [6.07, 6.45) is 1.82. The van der Waals surface area contributed by atoms with Crippen LogP contribution < -0.4 is 4.74 Å². The lowest BCUT2D eigenvalue weighted by molar-refractivity contribution is 0.291. The first-order valence-electron chi connectivity index (χ1n) is 5.99. The van der Waals surface area contributed by atoms with E-state index >= 15 is 0 Å². The van der Waals surface area contributed by atoms with E-state index in [0.717, 1.165) is 11.5 Å². The third-order valence-corrected chi connectivity index (χ3v) is 2.78. The predicted molar refractivity (Wildman–Crippen MR) is 68.1 cm³/mol. The van der Waals surface area contributed by atoms with Gasteiger partial charge in [0.25, 0.3) is 0 Å². The van der Waals surface area contributed by atoms with Crippen molar-refractivity contribution in [2.45, 2.75) is 33.4 Å². The maximum absolute atomic E-state index is 12.8. The molecule has 0 aliphatic rings. The number of aromatic nitrogens is 2. The molecule has 0 amide bonds. The molecule has 0 atom stereocenters. The summed E-state index contributed by atoms with van der Waals surface area (Å²) in [5, 5.41) is 0. The van der Waals surface area contributed by atoms with Crippen LogP contribution in [0.3, 0.4) is 0 Å². The highest BCUT2D eigenvalue weighted by atomic mass is 19.1. The Morgan fingerprint density at radius 2 is 1.94 bits per heavy atom. The largest absolute Gasteiger partial charge is 0.487 e. The molecule has 2 rings (SSSR count). The Balaban J connectivity index is 2.08. The Morgan fingerprint density at radius 1 is 1.28 bits per heavy atom. The van der Waals surface area contributed by atoms with Crippen LogP contribution in [0, 0.1) is 12.7 Å². The standard InChI is InChI=1S/C14H17FN2O/c1-10(2)17-11(3)16-8-13(17)9-18-14-6-4-12(15)5-7-14/h4-8,10H,9H2,1-3H3. The van der Waals surface area contributed by atoms with Crippen LogP contribution in [0.25, 0.3) is 0 Å². The molecule has 96 valence electrons. The molecule has 0 bridgehead atoms. The second kappa shape index (κ2) is 5.21. The fourth-order valence-corrected chi connectivity index (χ4v) is 2.00. The number of nitrogens with zero attached hydrogens (tertiary/aromatic N) is 2. The lowest BCUT2D eigenvalue weighted by atomic mass is 10.3. The Hall–Kier alpha value is -1.84. The number of aryl methyl sites for hydroxylation is 1. The molecule has 0 saturated carbocycles. The van der Waals surface area contributed by atoms with E-state index in [-0.39, 0.29) is 5.82 Å². The van der Waals surface area contributed by atoms with Crippen molar-refractivity contribution in [1.82, 2.24) is 9.55 Å². The normalized spacial score (nSPS) is 10.9. The maximum Gasteiger partial charge on any atom is 0.130 e. The van der Waals surface area contributed by atoms with Crippen LogP contribution in [0.2, 0.25) is 0 Å². The van der Waals surface area contributed by atoms with Gasteiger partial charge >= 0.3 is 0 Å². The molecule has 1 aromatic heterocycles. The summed E-state index contributed by atoms with van der Waals surface area (Å²) < 4.78 is 20.5. The minimum absolute atomic E-state index is 0.259. The van der Waals surface area contributed by atoms with Crippen molar-refractivity contribution in [1.29, 1.82) is 0 Å². The highest BCUT2D eigenvalue weighted by Gasteiger charge is 2.09. The van der Waals surface area contributed by atoms with Crippen molar-refractivity contribution in [3.63, 3.8) is 0 Å². The van der Waals surface area contributed by atoms with Gasteiger partial charge in [0.15, 0.2) is 0 Å². The monoisotopic (exact) mass is 248 g/mol. The Kier molecular flexibility index (Phi) is 3.65. The number of imidazole rings is 1. The first-order valence-corrected chi connectivity index (χ1v) is 5.99. The summed E-state index contributed by atoms with van der Waals surface area (Å²) in [5.41, 5.74) is 1.02. The molecule has 0 aliphatic carbocycles. The Morgan fingerprint density at radius 3 is 2.56 bits per heavy atom. The number of benzene rings is 1. The molecule has 0 radical (unpaired) electrons. The zero-order valence-electron chi connectivity index (χ0n) is 10.9. The topological polar surface area (TPSA) is 27.1 Å². The third kappa shape index (κ3) is 2.70. The van der Waals surface area contributed by atoms with Gasteiger partial charge in [0.1, 0.15) is 24.0 Å². The quantitative estimate of drug-likeness (QED) is 0.828. The SMILES string of the molecule is Cc1ncc(COc2ccc(F)cc2)n1C(C)C. The molecule has 0 spiro atoms. The summed E-state index contributed by atoms with van der Waals surface area (Å²) >= 11 is 0. The molecule has 2 aromatic rings. The highest BCUT2D eigenvalue weighted by Crippen LogP contribution is 2.17. The molecule has 0 N–H and O–H groups in total. The minimum Gasteiger partial charge on any atom is -0.487 e. The van der Waals surface area contributed by atoms with E-state index in [9.17, 15) is 4.39 Å². The number of halogens is 1. The molecular formula is C14H17FN2O. The number of hydrogen-bond acceptors (Lipinski definition) is 2. The zero-order chi connectivity index (χ0) is 13.1. The van der Waals surface area contributed by atoms with Gasteiger partial charge in [-0.2, -0.15) is 0 Å². The van der Waals surface area contributed by atoms with Gasteiger partial charge in [-0.15, -0.1) is 0 Å². The summed E-state index contributed by atoms with van der Waals surface area (Å²) in [7, 11) is 0. The second-order valence-corrected chi connectivity index (χ2v) is 4.50. The summed E-state index contributed by atoms with van der Waals surface area (Å²) in [5.74, 6) is 1.37. The van der Waals surface area contributed by atoms with Gasteiger partial charge in [-0.3, -0.25) is 0 Å². The molecule has 18 heavy (non-hydrogen) atoms. The Labute approximate surface area is 106 Å². The molecule has 0 aliphatic heterocycles. The van der Waals surface area contributed by atoms with E-state index in [1.165, 1.54) is 12.1 Å². The van der Waals surface area contributed by atoms with E-state index in [1.54, 1.807) is 12.1 Å². The zero-order valence-corrected chi connectivity index (χ0v) is 10.9. The van der Waals surface area contributed by atoms with Crippen molar-refractivity contribution < 1.29 is 9.13 Å². The van der Waals surface area contributed by atoms with Crippen LogP contribution in [-0.2, 0) is 6.61 Å². The van der Waals surface area contributed by atoms with Gasteiger partial charge in [0.2, 0.25) is 0 Å². The van der Waals surface area contributed by atoms with Crippen LogP contribution in [0.1, 0.15) is 31.4 Å². The lowest BCUT2D eigenvalue weighted by Crippen LogP contribution is -2.09. The molecule has 3 nitrogen and oxygen atoms in total. The molecule has 0 saturated heterocycles. The number of rotatable bonds is 4. The van der Waals surface area contributed by atoms with E-state index in [2.05, 4.69) is 23.4 Å². The maximum atomic E-state index is 12.8. The van der Waals surface area contributed by atoms with Crippen molar-refractivity contribution in [3.8, 4) is 5.75 Å². The molecule has 0 fully saturated rings. The molecule has 0 unspecified atom stereocenters. The van der Waals surface area contributed by atoms with E-state index in [4.69, 9.17) is 4.74 Å². The first-order chi connectivity index (χ1) is 8.58. The third-order valence-electron chi connectivity index (χ3n) is 2.78. The second-order valence-electron chi connectivity index (χ2n) is 4.50. The minimum atomic E-state index is -0.259. The highest BCUT2D eigenvalue weighted by molar-refractivity contribution is 5.22. The van der Waals surface area contributed by atoms with Crippen molar-refractivity contribution >= 4 is 0 Å². The predicted octanol–water partition coefficient (Wildman–Crippen LogP) is 3.49. The average Bonchev–Trinajstić information content (AvgIpc) is 2.70. The van der Waals surface area contributed by atoms with Gasteiger partial charge in [0.05, 0.1) is 11.9 Å². The van der Waals surface area contributed by atoms with Crippen molar-refractivity contribution in [3.05, 3.63) is 47.8 Å². The van der Waals surface area contributed by atoms with Gasteiger partial charge in [0, 0.05) is 6.04 Å². The van der Waals surface area contributed by atoms with Gasteiger partial charge < -0.3 is 9.30 Å². The molecule has 1 heterocycles. The van der Waals surface area contributed by atoms with Crippen LogP contribution in [0.15, 0.2) is 30.5 Å². The van der Waals surface area contributed by atoms with Crippen molar-refractivity contribution in [2.24, 2.45) is 0 Å². The summed E-state index contributed by atoms with van der Waals surface area (Å²) in [6.45, 7) is 6.62. The number of hydrogen-bond donors (Lipinski definition) is 0. The van der Waals surface area contributed by atoms with Crippen LogP contribution in [0.4, 0.5) is 4.39 Å². The fourth-order valence-electron chi connectivity index (χ4n) is 2.00. The average molecular weight is 248 g/mol. The van der Waals surface area contributed by atoms with Crippen LogP contribution in [0.5, 0.6) is 5.75 Å². The van der Waals surface area contributed by atoms with Gasteiger partial charge in [-0.05, 0) is 45.0 Å². The van der Waals surface area contributed by atoms with Gasteiger partial charge in [-0.1, -0.05) is 0 Å². The molecular weight excluding hydrogens is 231 g/mol. The lowest BCUT2D eigenvalue weighted by Gasteiger charge is -2.14. The van der Waals surface area contributed by atoms with Crippen molar-refractivity contribution in [2.75, 3.05) is 0 Å². The van der Waals surface area contributed by atoms with Crippen LogP contribution in [-0.4, -0.2) is 9.55 Å². The summed E-state index contributed by atoms with van der Waals surface area (Å²) in [6, 6.07) is 6.37. The Bertz CT molecular complexity index is 517. The number of ether oxygens (including phenoxy) is 1. The van der Waals surface area contributed by atoms with Gasteiger partial charge in [-0.25, -0.2) is 9.37 Å². The molecule has 4 heteroatoms. The van der Waals surface area contributed by atoms with E-state index in [1.807, 2.05) is 13.1 Å². The fraction of sp³-hybridized carbons (Fsp3) is 0.357. The van der Waals surface area contributed by atoms with E-state index < -0.39 is 0 Å². The smallest absolute Gasteiger partial charge is 0.130 e. The van der Waals surface area contributed by atoms with Crippen LogP contribution >= 0.6 is 0 Å². The first kappa shape index (κ1) is 12.6. The van der Waals surface area contributed by atoms with E-state index in [0.29, 0.717) is 18.4 Å². The molecule has 1 aromatic carbocycles.